The molecule has 2 rings (SSSR count). The molecular formula is C12H15FO2. The fourth-order valence-electron chi connectivity index (χ4n) is 1.95. The molecule has 0 amide bonds. The molecule has 82 valence electrons. The molecule has 2 nitrogen and oxygen atoms in total. The molecule has 2 atom stereocenters. The van der Waals surface area contributed by atoms with Gasteiger partial charge in [0.2, 0.25) is 0 Å². The Kier molecular flexibility index (Phi) is 3.21. The number of halogens is 1. The zero-order valence-corrected chi connectivity index (χ0v) is 8.53. The van der Waals surface area contributed by atoms with Crippen LogP contribution < -0.4 is 4.74 Å². The van der Waals surface area contributed by atoms with Crippen molar-refractivity contribution < 1.29 is 14.2 Å². The number of benzene rings is 1. The number of ether oxygens (including phenoxy) is 1. The minimum absolute atomic E-state index is 0.0503. The topological polar surface area (TPSA) is 29.5 Å². The SMILES string of the molecule is OC1CCCC(Oc2ccccc2F)C1. The molecule has 1 aliphatic rings. The van der Waals surface area contributed by atoms with Crippen molar-refractivity contribution >= 4 is 0 Å². The van der Waals surface area contributed by atoms with Gasteiger partial charge in [-0.05, 0) is 31.4 Å². The minimum Gasteiger partial charge on any atom is -0.487 e. The normalized spacial score (nSPS) is 26.3. The Hall–Kier alpha value is -1.09. The van der Waals surface area contributed by atoms with Gasteiger partial charge in [-0.15, -0.1) is 0 Å². The Morgan fingerprint density at radius 1 is 1.27 bits per heavy atom. The van der Waals surface area contributed by atoms with E-state index in [4.69, 9.17) is 4.74 Å². The van der Waals surface area contributed by atoms with Crippen molar-refractivity contribution in [3.8, 4) is 5.75 Å². The van der Waals surface area contributed by atoms with Crippen molar-refractivity contribution in [1.29, 1.82) is 0 Å². The van der Waals surface area contributed by atoms with Gasteiger partial charge in [0.25, 0.3) is 0 Å². The van der Waals surface area contributed by atoms with Crippen LogP contribution >= 0.6 is 0 Å². The van der Waals surface area contributed by atoms with Crippen LogP contribution in [0.5, 0.6) is 5.75 Å². The van der Waals surface area contributed by atoms with E-state index < -0.39 is 0 Å². The number of para-hydroxylation sites is 1. The zero-order chi connectivity index (χ0) is 10.7. The summed E-state index contributed by atoms with van der Waals surface area (Å²) in [6.07, 6.45) is 2.93. The van der Waals surface area contributed by atoms with E-state index in [2.05, 4.69) is 0 Å². The molecule has 0 heterocycles. The van der Waals surface area contributed by atoms with E-state index in [1.807, 2.05) is 0 Å². The van der Waals surface area contributed by atoms with Crippen LogP contribution in [-0.2, 0) is 0 Å². The number of hydrogen-bond donors (Lipinski definition) is 1. The molecule has 1 saturated carbocycles. The minimum atomic E-state index is -0.336. The van der Waals surface area contributed by atoms with E-state index in [0.717, 1.165) is 19.3 Å². The van der Waals surface area contributed by atoms with E-state index in [1.54, 1.807) is 18.2 Å². The largest absolute Gasteiger partial charge is 0.487 e. The maximum absolute atomic E-state index is 13.3. The summed E-state index contributed by atoms with van der Waals surface area (Å²) in [5, 5.41) is 9.45. The van der Waals surface area contributed by atoms with Gasteiger partial charge in [-0.3, -0.25) is 0 Å². The van der Waals surface area contributed by atoms with Gasteiger partial charge in [0.1, 0.15) is 6.10 Å². The van der Waals surface area contributed by atoms with Crippen molar-refractivity contribution in [3.63, 3.8) is 0 Å². The predicted octanol–water partition coefficient (Wildman–Crippen LogP) is 2.51. The van der Waals surface area contributed by atoms with E-state index in [-0.39, 0.29) is 23.8 Å². The van der Waals surface area contributed by atoms with Gasteiger partial charge in [0.15, 0.2) is 11.6 Å². The number of aliphatic hydroxyl groups is 1. The Labute approximate surface area is 88.7 Å². The molecule has 0 bridgehead atoms. The molecule has 0 radical (unpaired) electrons. The average molecular weight is 210 g/mol. The van der Waals surface area contributed by atoms with Gasteiger partial charge >= 0.3 is 0 Å². The lowest BCUT2D eigenvalue weighted by Crippen LogP contribution is -2.28. The first-order valence-electron chi connectivity index (χ1n) is 5.35. The summed E-state index contributed by atoms with van der Waals surface area (Å²) in [6, 6.07) is 6.39. The van der Waals surface area contributed by atoms with Gasteiger partial charge in [-0.25, -0.2) is 4.39 Å². The molecule has 0 aliphatic heterocycles. The second-order valence-corrected chi connectivity index (χ2v) is 3.99. The van der Waals surface area contributed by atoms with Crippen LogP contribution in [0.1, 0.15) is 25.7 Å². The third kappa shape index (κ3) is 2.69. The summed E-state index contributed by atoms with van der Waals surface area (Å²) in [4.78, 5) is 0. The highest BCUT2D eigenvalue weighted by Gasteiger charge is 2.22. The second kappa shape index (κ2) is 4.62. The maximum atomic E-state index is 13.3. The third-order valence-corrected chi connectivity index (χ3v) is 2.73. The zero-order valence-electron chi connectivity index (χ0n) is 8.53. The average Bonchev–Trinajstić information content (AvgIpc) is 2.22. The van der Waals surface area contributed by atoms with E-state index in [0.29, 0.717) is 6.42 Å². The Morgan fingerprint density at radius 3 is 2.80 bits per heavy atom. The Morgan fingerprint density at radius 2 is 2.07 bits per heavy atom. The molecule has 0 aromatic heterocycles. The standard InChI is InChI=1S/C12H15FO2/c13-11-6-1-2-7-12(11)15-10-5-3-4-9(14)8-10/h1-2,6-7,9-10,14H,3-5,8H2. The number of aliphatic hydroxyl groups excluding tert-OH is 1. The lowest BCUT2D eigenvalue weighted by Gasteiger charge is -2.26. The Bertz CT molecular complexity index is 327. The van der Waals surface area contributed by atoms with Crippen LogP contribution in [0.3, 0.4) is 0 Å². The second-order valence-electron chi connectivity index (χ2n) is 3.99. The fourth-order valence-corrected chi connectivity index (χ4v) is 1.95. The molecule has 1 aromatic rings. The smallest absolute Gasteiger partial charge is 0.165 e. The third-order valence-electron chi connectivity index (χ3n) is 2.73. The summed E-state index contributed by atoms with van der Waals surface area (Å²) >= 11 is 0. The highest BCUT2D eigenvalue weighted by atomic mass is 19.1. The molecule has 0 spiro atoms. The van der Waals surface area contributed by atoms with Gasteiger partial charge < -0.3 is 9.84 Å². The van der Waals surface area contributed by atoms with Crippen LogP contribution in [0.4, 0.5) is 4.39 Å². The summed E-state index contributed by atoms with van der Waals surface area (Å²) in [6.45, 7) is 0. The maximum Gasteiger partial charge on any atom is 0.165 e. The first-order chi connectivity index (χ1) is 7.25. The predicted molar refractivity (Wildman–Crippen MR) is 55.3 cm³/mol. The van der Waals surface area contributed by atoms with Gasteiger partial charge in [-0.2, -0.15) is 0 Å². The van der Waals surface area contributed by atoms with Crippen LogP contribution in [0, 0.1) is 5.82 Å². The molecule has 1 aromatic carbocycles. The van der Waals surface area contributed by atoms with Crippen LogP contribution in [0.2, 0.25) is 0 Å². The molecule has 1 N–H and O–H groups in total. The highest BCUT2D eigenvalue weighted by molar-refractivity contribution is 5.23. The lowest BCUT2D eigenvalue weighted by molar-refractivity contribution is 0.0517. The van der Waals surface area contributed by atoms with Crippen molar-refractivity contribution in [2.24, 2.45) is 0 Å². The monoisotopic (exact) mass is 210 g/mol. The Balaban J connectivity index is 1.99. The first kappa shape index (κ1) is 10.4. The molecule has 1 aliphatic carbocycles. The summed E-state index contributed by atoms with van der Waals surface area (Å²) in [5.41, 5.74) is 0. The van der Waals surface area contributed by atoms with E-state index >= 15 is 0 Å². The van der Waals surface area contributed by atoms with Crippen molar-refractivity contribution in [2.75, 3.05) is 0 Å². The summed E-state index contributed by atoms with van der Waals surface area (Å²) in [7, 11) is 0. The summed E-state index contributed by atoms with van der Waals surface area (Å²) < 4.78 is 18.8. The number of rotatable bonds is 2. The van der Waals surface area contributed by atoms with Gasteiger partial charge in [-0.1, -0.05) is 12.1 Å². The summed E-state index contributed by atoms with van der Waals surface area (Å²) in [5.74, 6) is -0.0471. The molecule has 15 heavy (non-hydrogen) atoms. The molecule has 3 heteroatoms. The van der Waals surface area contributed by atoms with Crippen molar-refractivity contribution in [2.45, 2.75) is 37.9 Å². The van der Waals surface area contributed by atoms with Gasteiger partial charge in [0.05, 0.1) is 6.10 Å². The van der Waals surface area contributed by atoms with E-state index in [1.165, 1.54) is 6.07 Å². The van der Waals surface area contributed by atoms with Crippen LogP contribution in [0.25, 0.3) is 0 Å². The highest BCUT2D eigenvalue weighted by Crippen LogP contribution is 2.25. The number of hydrogen-bond acceptors (Lipinski definition) is 2. The fraction of sp³-hybridized carbons (Fsp3) is 0.500. The van der Waals surface area contributed by atoms with Crippen molar-refractivity contribution in [3.05, 3.63) is 30.1 Å². The molecule has 1 fully saturated rings. The lowest BCUT2D eigenvalue weighted by atomic mass is 9.95. The van der Waals surface area contributed by atoms with Crippen LogP contribution in [0.15, 0.2) is 24.3 Å². The molecular weight excluding hydrogens is 195 g/mol. The van der Waals surface area contributed by atoms with Crippen LogP contribution in [-0.4, -0.2) is 17.3 Å². The van der Waals surface area contributed by atoms with E-state index in [9.17, 15) is 9.50 Å². The molecule has 0 saturated heterocycles. The molecule has 2 unspecified atom stereocenters. The van der Waals surface area contributed by atoms with Gasteiger partial charge in [0, 0.05) is 6.42 Å². The van der Waals surface area contributed by atoms with Crippen molar-refractivity contribution in [1.82, 2.24) is 0 Å². The first-order valence-corrected chi connectivity index (χ1v) is 5.35. The quantitative estimate of drug-likeness (QED) is 0.812.